The number of hydrogen-bond donors (Lipinski definition) is 1. The van der Waals surface area contributed by atoms with E-state index in [-0.39, 0.29) is 11.2 Å². The first-order chi connectivity index (χ1) is 16.3. The molecular formula is C27H30N4O3. The zero-order chi connectivity index (χ0) is 24.0. The van der Waals surface area contributed by atoms with E-state index in [0.29, 0.717) is 36.3 Å². The zero-order valence-corrected chi connectivity index (χ0v) is 20.3. The Bertz CT molecular complexity index is 1290. The number of aryl methyl sites for hydroxylation is 1. The van der Waals surface area contributed by atoms with Gasteiger partial charge < -0.3 is 14.8 Å². The fourth-order valence-electron chi connectivity index (χ4n) is 4.87. The second-order valence-electron chi connectivity index (χ2n) is 9.77. The van der Waals surface area contributed by atoms with Gasteiger partial charge in [0.2, 0.25) is 5.95 Å². The SMILES string of the molecule is CCOc1ccc(C2C3=C(CC(C)(C)CC3=O)Nc3nc(-c4ccc(C)cc4)nn32)cc1OC. The Morgan fingerprint density at radius 1 is 1.12 bits per heavy atom. The quantitative estimate of drug-likeness (QED) is 0.558. The van der Waals surface area contributed by atoms with Gasteiger partial charge in [0.15, 0.2) is 23.1 Å². The van der Waals surface area contributed by atoms with Crippen LogP contribution in [0.4, 0.5) is 5.95 Å². The smallest absolute Gasteiger partial charge is 0.226 e. The fourth-order valence-corrected chi connectivity index (χ4v) is 4.87. The van der Waals surface area contributed by atoms with E-state index in [0.717, 1.165) is 28.8 Å². The molecule has 2 aromatic carbocycles. The van der Waals surface area contributed by atoms with E-state index in [1.54, 1.807) is 7.11 Å². The number of ether oxygens (including phenoxy) is 2. The summed E-state index contributed by atoms with van der Waals surface area (Å²) < 4.78 is 13.2. The van der Waals surface area contributed by atoms with Gasteiger partial charge in [-0.15, -0.1) is 5.10 Å². The monoisotopic (exact) mass is 458 g/mol. The molecule has 3 aromatic rings. The lowest BCUT2D eigenvalue weighted by Gasteiger charge is -2.38. The Labute approximate surface area is 199 Å². The second-order valence-corrected chi connectivity index (χ2v) is 9.77. The molecule has 7 heteroatoms. The summed E-state index contributed by atoms with van der Waals surface area (Å²) in [6.45, 7) is 8.79. The van der Waals surface area contributed by atoms with Gasteiger partial charge >= 0.3 is 0 Å². The summed E-state index contributed by atoms with van der Waals surface area (Å²) in [4.78, 5) is 18.3. The maximum Gasteiger partial charge on any atom is 0.226 e. The number of nitrogens with one attached hydrogen (secondary N) is 1. The largest absolute Gasteiger partial charge is 0.493 e. The molecule has 1 aliphatic heterocycles. The highest BCUT2D eigenvalue weighted by molar-refractivity contribution is 6.00. The molecule has 2 aliphatic rings. The second kappa shape index (κ2) is 8.31. The number of hydrogen-bond acceptors (Lipinski definition) is 6. The average Bonchev–Trinajstić information content (AvgIpc) is 3.21. The summed E-state index contributed by atoms with van der Waals surface area (Å²) in [7, 11) is 1.62. The fraction of sp³-hybridized carbons (Fsp3) is 0.370. The molecule has 0 spiro atoms. The molecule has 34 heavy (non-hydrogen) atoms. The van der Waals surface area contributed by atoms with Crippen molar-refractivity contribution >= 4 is 11.7 Å². The number of aromatic nitrogens is 3. The van der Waals surface area contributed by atoms with Gasteiger partial charge in [-0.25, -0.2) is 4.68 Å². The Hall–Kier alpha value is -3.61. The van der Waals surface area contributed by atoms with Crippen LogP contribution in [-0.4, -0.2) is 34.3 Å². The molecule has 1 aliphatic carbocycles. The van der Waals surface area contributed by atoms with Crippen LogP contribution in [0.5, 0.6) is 11.5 Å². The third-order valence-corrected chi connectivity index (χ3v) is 6.44. The van der Waals surface area contributed by atoms with Gasteiger partial charge in [0.1, 0.15) is 6.04 Å². The van der Waals surface area contributed by atoms with E-state index in [2.05, 4.69) is 26.1 Å². The number of fused-ring (bicyclic) bond motifs is 1. The zero-order valence-electron chi connectivity index (χ0n) is 20.3. The van der Waals surface area contributed by atoms with E-state index in [9.17, 15) is 4.79 Å². The molecule has 7 nitrogen and oxygen atoms in total. The summed E-state index contributed by atoms with van der Waals surface area (Å²) in [5.41, 5.74) is 4.57. The number of benzene rings is 2. The molecule has 0 amide bonds. The molecule has 1 atom stereocenters. The Balaban J connectivity index is 1.67. The van der Waals surface area contributed by atoms with Gasteiger partial charge in [-0.2, -0.15) is 4.98 Å². The number of allylic oxidation sites excluding steroid dienone is 2. The number of nitrogens with zero attached hydrogens (tertiary/aromatic N) is 3. The van der Waals surface area contributed by atoms with Crippen molar-refractivity contribution in [3.05, 3.63) is 64.9 Å². The Morgan fingerprint density at radius 3 is 2.59 bits per heavy atom. The van der Waals surface area contributed by atoms with Crippen molar-refractivity contribution in [1.82, 2.24) is 14.8 Å². The van der Waals surface area contributed by atoms with Crippen molar-refractivity contribution in [1.29, 1.82) is 0 Å². The highest BCUT2D eigenvalue weighted by Crippen LogP contribution is 2.46. The van der Waals surface area contributed by atoms with Gasteiger partial charge in [0.05, 0.1) is 13.7 Å². The molecule has 1 unspecified atom stereocenters. The standard InChI is InChI=1S/C27H30N4O3/c1-6-34-21-12-11-18(13-22(21)33-5)24-23-19(14-27(3,4)15-20(23)32)28-26-29-25(30-31(24)26)17-9-7-16(2)8-10-17/h7-13,24H,6,14-15H2,1-5H3,(H,28,29,30). The average molecular weight is 459 g/mol. The van der Waals surface area contributed by atoms with Crippen molar-refractivity contribution in [3.63, 3.8) is 0 Å². The summed E-state index contributed by atoms with van der Waals surface area (Å²) in [5.74, 6) is 2.69. The molecular weight excluding hydrogens is 428 g/mol. The minimum absolute atomic E-state index is 0.119. The van der Waals surface area contributed by atoms with Gasteiger partial charge in [-0.05, 0) is 43.4 Å². The van der Waals surface area contributed by atoms with E-state index in [1.807, 2.05) is 54.1 Å². The van der Waals surface area contributed by atoms with Crippen molar-refractivity contribution < 1.29 is 14.3 Å². The van der Waals surface area contributed by atoms with Crippen molar-refractivity contribution in [2.45, 2.75) is 46.6 Å². The topological polar surface area (TPSA) is 78.3 Å². The molecule has 0 radical (unpaired) electrons. The van der Waals surface area contributed by atoms with E-state index in [1.165, 1.54) is 5.56 Å². The molecule has 0 fully saturated rings. The van der Waals surface area contributed by atoms with Crippen LogP contribution in [0, 0.1) is 12.3 Å². The molecule has 0 saturated carbocycles. The van der Waals surface area contributed by atoms with Gasteiger partial charge in [-0.1, -0.05) is 49.7 Å². The normalized spacial score (nSPS) is 18.7. The predicted octanol–water partition coefficient (Wildman–Crippen LogP) is 5.32. The molecule has 176 valence electrons. The van der Waals surface area contributed by atoms with Crippen LogP contribution in [-0.2, 0) is 4.79 Å². The van der Waals surface area contributed by atoms with Gasteiger partial charge in [-0.3, -0.25) is 4.79 Å². The minimum Gasteiger partial charge on any atom is -0.493 e. The minimum atomic E-state index is -0.397. The van der Waals surface area contributed by atoms with E-state index < -0.39 is 6.04 Å². The number of methoxy groups -OCH3 is 1. The highest BCUT2D eigenvalue weighted by atomic mass is 16.5. The van der Waals surface area contributed by atoms with Crippen molar-refractivity contribution in [3.8, 4) is 22.9 Å². The Morgan fingerprint density at radius 2 is 1.88 bits per heavy atom. The summed E-state index contributed by atoms with van der Waals surface area (Å²) in [6.07, 6.45) is 1.26. The Kier molecular flexibility index (Phi) is 5.42. The number of Topliss-reactive ketones (excluding diaryl/α,β-unsaturated/α-hetero) is 1. The van der Waals surface area contributed by atoms with E-state index >= 15 is 0 Å². The summed E-state index contributed by atoms with van der Waals surface area (Å²) >= 11 is 0. The van der Waals surface area contributed by atoms with Crippen LogP contribution >= 0.6 is 0 Å². The van der Waals surface area contributed by atoms with Crippen LogP contribution in [0.2, 0.25) is 0 Å². The lowest BCUT2D eigenvalue weighted by molar-refractivity contribution is -0.118. The molecule has 1 aromatic heterocycles. The number of carbonyl (C=O) groups excluding carboxylic acids is 1. The van der Waals surface area contributed by atoms with Crippen LogP contribution in [0.25, 0.3) is 11.4 Å². The number of anilines is 1. The summed E-state index contributed by atoms with van der Waals surface area (Å²) in [6, 6.07) is 13.6. The molecule has 0 bridgehead atoms. The lowest BCUT2D eigenvalue weighted by atomic mass is 9.73. The predicted molar refractivity (Wildman–Crippen MR) is 131 cm³/mol. The first kappa shape index (κ1) is 22.2. The van der Waals surface area contributed by atoms with Gasteiger partial charge in [0, 0.05) is 23.3 Å². The van der Waals surface area contributed by atoms with Crippen LogP contribution in [0.15, 0.2) is 53.7 Å². The third-order valence-electron chi connectivity index (χ3n) is 6.44. The summed E-state index contributed by atoms with van der Waals surface area (Å²) in [5, 5.41) is 8.31. The maximum absolute atomic E-state index is 13.5. The van der Waals surface area contributed by atoms with Crippen LogP contribution in [0.3, 0.4) is 0 Å². The van der Waals surface area contributed by atoms with Crippen molar-refractivity contribution in [2.24, 2.45) is 5.41 Å². The third kappa shape index (κ3) is 3.85. The van der Waals surface area contributed by atoms with Crippen LogP contribution in [0.1, 0.15) is 50.8 Å². The lowest BCUT2D eigenvalue weighted by Crippen LogP contribution is -2.36. The molecule has 1 N–H and O–H groups in total. The first-order valence-electron chi connectivity index (χ1n) is 11.7. The number of rotatable bonds is 5. The molecule has 5 rings (SSSR count). The van der Waals surface area contributed by atoms with E-state index in [4.69, 9.17) is 19.6 Å². The number of carbonyl (C=O) groups is 1. The maximum atomic E-state index is 13.5. The molecule has 2 heterocycles. The van der Waals surface area contributed by atoms with Crippen molar-refractivity contribution in [2.75, 3.05) is 19.0 Å². The van der Waals surface area contributed by atoms with Crippen LogP contribution < -0.4 is 14.8 Å². The highest BCUT2D eigenvalue weighted by Gasteiger charge is 2.42. The van der Waals surface area contributed by atoms with Gasteiger partial charge in [0.25, 0.3) is 0 Å². The first-order valence-corrected chi connectivity index (χ1v) is 11.7. The number of ketones is 1. The molecule has 0 saturated heterocycles.